The number of aromatic nitrogens is 3. The van der Waals surface area contributed by atoms with Gasteiger partial charge >= 0.3 is 0 Å². The molecule has 102 valence electrons. The van der Waals surface area contributed by atoms with Gasteiger partial charge in [0.15, 0.2) is 5.13 Å². The van der Waals surface area contributed by atoms with E-state index < -0.39 is 0 Å². The predicted octanol–water partition coefficient (Wildman–Crippen LogP) is 3.33. The lowest BCUT2D eigenvalue weighted by atomic mass is 10.1. The lowest BCUT2D eigenvalue weighted by Crippen LogP contribution is -2.11. The van der Waals surface area contributed by atoms with Gasteiger partial charge in [-0.15, -0.1) is 5.10 Å². The first-order chi connectivity index (χ1) is 9.54. The Morgan fingerprint density at radius 1 is 1.25 bits per heavy atom. The second kappa shape index (κ2) is 4.92. The molecule has 0 aliphatic rings. The zero-order valence-corrected chi connectivity index (χ0v) is 12.9. The number of amides is 1. The molecule has 0 aliphatic carbocycles. The summed E-state index contributed by atoms with van der Waals surface area (Å²) in [5.41, 5.74) is 3.89. The first-order valence-electron chi connectivity index (χ1n) is 6.02. The van der Waals surface area contributed by atoms with Crippen molar-refractivity contribution >= 4 is 44.1 Å². The van der Waals surface area contributed by atoms with E-state index in [1.807, 2.05) is 6.92 Å². The van der Waals surface area contributed by atoms with Crippen molar-refractivity contribution in [2.45, 2.75) is 20.8 Å². The zero-order valence-electron chi connectivity index (χ0n) is 11.2. The van der Waals surface area contributed by atoms with Gasteiger partial charge in [-0.1, -0.05) is 21.9 Å². The molecule has 0 saturated heterocycles. The number of carbonyl (C=O) groups is 1. The van der Waals surface area contributed by atoms with Crippen LogP contribution in [0.3, 0.4) is 0 Å². The molecule has 0 unspecified atom stereocenters. The van der Waals surface area contributed by atoms with Crippen molar-refractivity contribution in [1.29, 1.82) is 0 Å². The Hall–Kier alpha value is -1.86. The van der Waals surface area contributed by atoms with E-state index in [2.05, 4.69) is 38.9 Å². The van der Waals surface area contributed by atoms with E-state index in [0.29, 0.717) is 15.7 Å². The highest BCUT2D eigenvalue weighted by Gasteiger charge is 2.15. The molecule has 0 fully saturated rings. The molecule has 0 atom stereocenters. The molecule has 2 heterocycles. The average Bonchev–Trinajstić information content (AvgIpc) is 2.95. The van der Waals surface area contributed by atoms with Crippen molar-refractivity contribution in [3.8, 4) is 0 Å². The molecule has 0 aliphatic heterocycles. The first-order valence-corrected chi connectivity index (χ1v) is 7.61. The van der Waals surface area contributed by atoms with Gasteiger partial charge in [0.05, 0.1) is 15.9 Å². The number of fused-ring (bicyclic) bond motifs is 1. The number of nitrogens with one attached hydrogen (secondary N) is 1. The van der Waals surface area contributed by atoms with Gasteiger partial charge in [-0.3, -0.25) is 10.1 Å². The van der Waals surface area contributed by atoms with E-state index in [1.165, 1.54) is 16.9 Å². The van der Waals surface area contributed by atoms with Crippen LogP contribution in [0.5, 0.6) is 0 Å². The van der Waals surface area contributed by atoms with Crippen LogP contribution >= 0.6 is 22.9 Å². The maximum Gasteiger partial charge on any atom is 0.271 e. The van der Waals surface area contributed by atoms with E-state index in [1.54, 1.807) is 6.92 Å². The third-order valence-corrected chi connectivity index (χ3v) is 4.65. The first kappa shape index (κ1) is 13.1. The summed E-state index contributed by atoms with van der Waals surface area (Å²) in [5.74, 6) is -0.203. The van der Waals surface area contributed by atoms with Crippen LogP contribution in [0.4, 0.5) is 5.13 Å². The molecule has 0 bridgehead atoms. The maximum absolute atomic E-state index is 12.1. The largest absolute Gasteiger partial charge is 0.297 e. The Labute approximate surface area is 123 Å². The normalized spacial score (nSPS) is 10.9. The van der Waals surface area contributed by atoms with Gasteiger partial charge in [-0.2, -0.15) is 0 Å². The van der Waals surface area contributed by atoms with Gasteiger partial charge < -0.3 is 0 Å². The van der Waals surface area contributed by atoms with Crippen molar-refractivity contribution in [2.24, 2.45) is 0 Å². The number of nitrogens with zero attached hydrogens (tertiary/aromatic N) is 3. The number of rotatable bonds is 2. The summed E-state index contributed by atoms with van der Waals surface area (Å²) < 4.78 is 4.85. The second-order valence-electron chi connectivity index (χ2n) is 4.59. The Balaban J connectivity index is 1.94. The van der Waals surface area contributed by atoms with Crippen LogP contribution in [0.25, 0.3) is 10.2 Å². The second-order valence-corrected chi connectivity index (χ2v) is 6.37. The Bertz CT molecular complexity index is 806. The SMILES string of the molecule is Cc1cc(C)c2nc(NC(=O)c3snnc3C)sc2c1. The van der Waals surface area contributed by atoms with Gasteiger partial charge in [0, 0.05) is 0 Å². The fourth-order valence-corrected chi connectivity index (χ4v) is 3.61. The third-order valence-electron chi connectivity index (χ3n) is 2.91. The minimum atomic E-state index is -0.203. The molecule has 1 amide bonds. The summed E-state index contributed by atoms with van der Waals surface area (Å²) in [6.07, 6.45) is 0. The van der Waals surface area contributed by atoms with E-state index in [9.17, 15) is 4.79 Å². The Morgan fingerprint density at radius 2 is 2.05 bits per heavy atom. The van der Waals surface area contributed by atoms with Gasteiger partial charge in [0.1, 0.15) is 4.88 Å². The van der Waals surface area contributed by atoms with Gasteiger partial charge in [-0.05, 0) is 49.5 Å². The molecule has 0 spiro atoms. The zero-order chi connectivity index (χ0) is 14.3. The number of hydrogen-bond donors (Lipinski definition) is 1. The number of thiazole rings is 1. The molecule has 3 aromatic rings. The van der Waals surface area contributed by atoms with E-state index >= 15 is 0 Å². The standard InChI is InChI=1S/C13H12N4OS2/c1-6-4-7(2)10-9(5-6)19-13(14-10)15-12(18)11-8(3)16-17-20-11/h4-5H,1-3H3,(H,14,15,18). The smallest absolute Gasteiger partial charge is 0.271 e. The van der Waals surface area contributed by atoms with Crippen LogP contribution < -0.4 is 5.32 Å². The molecular formula is C13H12N4OS2. The highest BCUT2D eigenvalue weighted by molar-refractivity contribution is 7.22. The summed E-state index contributed by atoms with van der Waals surface area (Å²) in [4.78, 5) is 17.1. The summed E-state index contributed by atoms with van der Waals surface area (Å²) >= 11 is 2.57. The minimum absolute atomic E-state index is 0.203. The third kappa shape index (κ3) is 2.30. The number of carbonyl (C=O) groups excluding carboxylic acids is 1. The topological polar surface area (TPSA) is 67.8 Å². The Morgan fingerprint density at radius 3 is 2.75 bits per heavy atom. The highest BCUT2D eigenvalue weighted by atomic mass is 32.1. The van der Waals surface area contributed by atoms with Crippen molar-refractivity contribution in [3.05, 3.63) is 33.8 Å². The van der Waals surface area contributed by atoms with Crippen molar-refractivity contribution < 1.29 is 4.79 Å². The van der Waals surface area contributed by atoms with Crippen molar-refractivity contribution in [3.63, 3.8) is 0 Å². The molecule has 1 N–H and O–H groups in total. The predicted molar refractivity (Wildman–Crippen MR) is 81.7 cm³/mol. The van der Waals surface area contributed by atoms with Crippen LogP contribution in [0.15, 0.2) is 12.1 Å². The van der Waals surface area contributed by atoms with Crippen LogP contribution in [0.1, 0.15) is 26.5 Å². The molecule has 0 radical (unpaired) electrons. The van der Waals surface area contributed by atoms with Crippen LogP contribution in [0.2, 0.25) is 0 Å². The summed E-state index contributed by atoms with van der Waals surface area (Å²) in [6.45, 7) is 5.85. The van der Waals surface area contributed by atoms with Crippen LogP contribution in [-0.4, -0.2) is 20.5 Å². The van der Waals surface area contributed by atoms with Crippen molar-refractivity contribution in [2.75, 3.05) is 5.32 Å². The number of anilines is 1. The summed E-state index contributed by atoms with van der Waals surface area (Å²) in [7, 11) is 0. The molecule has 7 heteroatoms. The summed E-state index contributed by atoms with van der Waals surface area (Å²) in [5, 5.41) is 7.26. The van der Waals surface area contributed by atoms with E-state index in [-0.39, 0.29) is 5.91 Å². The molecule has 0 saturated carbocycles. The maximum atomic E-state index is 12.1. The van der Waals surface area contributed by atoms with Crippen LogP contribution in [0, 0.1) is 20.8 Å². The molecular weight excluding hydrogens is 292 g/mol. The highest BCUT2D eigenvalue weighted by Crippen LogP contribution is 2.29. The lowest BCUT2D eigenvalue weighted by molar-refractivity contribution is 0.103. The number of hydrogen-bond acceptors (Lipinski definition) is 6. The quantitative estimate of drug-likeness (QED) is 0.788. The lowest BCUT2D eigenvalue weighted by Gasteiger charge is -1.97. The number of benzene rings is 1. The molecule has 5 nitrogen and oxygen atoms in total. The average molecular weight is 304 g/mol. The monoisotopic (exact) mass is 304 g/mol. The minimum Gasteiger partial charge on any atom is -0.297 e. The fourth-order valence-electron chi connectivity index (χ4n) is 2.02. The van der Waals surface area contributed by atoms with E-state index in [4.69, 9.17) is 0 Å². The van der Waals surface area contributed by atoms with Gasteiger partial charge in [-0.25, -0.2) is 4.98 Å². The Kier molecular flexibility index (Phi) is 3.23. The summed E-state index contributed by atoms with van der Waals surface area (Å²) in [6, 6.07) is 4.17. The number of aryl methyl sites for hydroxylation is 3. The molecule has 3 rings (SSSR count). The molecule has 20 heavy (non-hydrogen) atoms. The molecule has 2 aromatic heterocycles. The van der Waals surface area contributed by atoms with Crippen molar-refractivity contribution in [1.82, 2.24) is 14.6 Å². The molecule has 1 aromatic carbocycles. The van der Waals surface area contributed by atoms with E-state index in [0.717, 1.165) is 27.3 Å². The van der Waals surface area contributed by atoms with Gasteiger partial charge in [0.25, 0.3) is 5.91 Å². The van der Waals surface area contributed by atoms with Gasteiger partial charge in [0.2, 0.25) is 0 Å². The fraction of sp³-hybridized carbons (Fsp3) is 0.231. The van der Waals surface area contributed by atoms with Crippen LogP contribution in [-0.2, 0) is 0 Å².